The molecular formula is C23H23N3O5S. The first-order valence-electron chi connectivity index (χ1n) is 9.64. The monoisotopic (exact) mass is 453 g/mol. The number of phenols is 1. The average Bonchev–Trinajstić information content (AvgIpc) is 2.80. The first kappa shape index (κ1) is 22.8. The number of nitrogens with one attached hydrogen (secondary N) is 1. The predicted octanol–water partition coefficient (Wildman–Crippen LogP) is 3.05. The smallest absolute Gasteiger partial charge is 0.264 e. The van der Waals surface area contributed by atoms with Gasteiger partial charge < -0.3 is 9.84 Å². The number of benzene rings is 3. The van der Waals surface area contributed by atoms with E-state index in [0.717, 1.165) is 9.87 Å². The number of aryl methyl sites for hydroxylation is 1. The Bertz CT molecular complexity index is 1210. The van der Waals surface area contributed by atoms with E-state index in [-0.39, 0.29) is 16.4 Å². The van der Waals surface area contributed by atoms with Crippen LogP contribution in [0, 0.1) is 6.92 Å². The number of ether oxygens (including phenoxy) is 1. The Morgan fingerprint density at radius 3 is 2.44 bits per heavy atom. The van der Waals surface area contributed by atoms with E-state index in [2.05, 4.69) is 10.5 Å². The molecule has 3 aromatic carbocycles. The molecule has 1 amide bonds. The molecule has 9 heteroatoms. The van der Waals surface area contributed by atoms with E-state index in [1.165, 1.54) is 31.5 Å². The van der Waals surface area contributed by atoms with Crippen molar-refractivity contribution in [3.63, 3.8) is 0 Å². The molecule has 0 aliphatic rings. The Balaban J connectivity index is 1.80. The highest BCUT2D eigenvalue weighted by molar-refractivity contribution is 7.92. The fourth-order valence-corrected chi connectivity index (χ4v) is 4.31. The Labute approximate surface area is 186 Å². The van der Waals surface area contributed by atoms with E-state index in [1.807, 2.05) is 6.92 Å². The number of sulfonamides is 1. The van der Waals surface area contributed by atoms with Gasteiger partial charge in [0, 0.05) is 0 Å². The third-order valence-electron chi connectivity index (χ3n) is 4.55. The molecule has 0 aliphatic carbocycles. The summed E-state index contributed by atoms with van der Waals surface area (Å²) in [6.07, 6.45) is 1.36. The number of nitrogens with zero attached hydrogens (tertiary/aromatic N) is 2. The van der Waals surface area contributed by atoms with E-state index in [9.17, 15) is 18.3 Å². The average molecular weight is 454 g/mol. The van der Waals surface area contributed by atoms with Crippen molar-refractivity contribution in [2.24, 2.45) is 5.10 Å². The number of rotatable bonds is 8. The summed E-state index contributed by atoms with van der Waals surface area (Å²) >= 11 is 0. The van der Waals surface area contributed by atoms with E-state index >= 15 is 0 Å². The van der Waals surface area contributed by atoms with Crippen LogP contribution in [0.5, 0.6) is 11.5 Å². The van der Waals surface area contributed by atoms with Gasteiger partial charge in [-0.05, 0) is 55.0 Å². The molecule has 0 fully saturated rings. The number of methoxy groups -OCH3 is 1. The quantitative estimate of drug-likeness (QED) is 0.403. The topological polar surface area (TPSA) is 108 Å². The highest BCUT2D eigenvalue weighted by Crippen LogP contribution is 2.26. The second-order valence-electron chi connectivity index (χ2n) is 6.88. The van der Waals surface area contributed by atoms with E-state index in [1.54, 1.807) is 54.6 Å². The third-order valence-corrected chi connectivity index (χ3v) is 6.34. The molecule has 3 aromatic rings. The molecule has 8 nitrogen and oxygen atoms in total. The van der Waals surface area contributed by atoms with Crippen molar-refractivity contribution in [3.05, 3.63) is 83.9 Å². The summed E-state index contributed by atoms with van der Waals surface area (Å²) in [5.74, 6) is -0.375. The van der Waals surface area contributed by atoms with E-state index in [4.69, 9.17) is 4.74 Å². The summed E-state index contributed by atoms with van der Waals surface area (Å²) in [4.78, 5) is 12.6. The lowest BCUT2D eigenvalue weighted by atomic mass is 10.2. The van der Waals surface area contributed by atoms with Gasteiger partial charge in [0.15, 0.2) is 11.5 Å². The largest absolute Gasteiger partial charge is 0.504 e. The minimum atomic E-state index is -3.98. The van der Waals surface area contributed by atoms with Crippen molar-refractivity contribution in [2.75, 3.05) is 18.0 Å². The highest BCUT2D eigenvalue weighted by atomic mass is 32.2. The Kier molecular flexibility index (Phi) is 7.11. The number of aromatic hydroxyl groups is 1. The van der Waals surface area contributed by atoms with Gasteiger partial charge in [0.25, 0.3) is 15.9 Å². The van der Waals surface area contributed by atoms with Crippen molar-refractivity contribution in [1.29, 1.82) is 0 Å². The van der Waals surface area contributed by atoms with Crippen LogP contribution in [0.25, 0.3) is 0 Å². The van der Waals surface area contributed by atoms with E-state index in [0.29, 0.717) is 11.3 Å². The minimum Gasteiger partial charge on any atom is -0.504 e. The number of anilines is 1. The molecule has 0 spiro atoms. The molecule has 0 bridgehead atoms. The maximum absolute atomic E-state index is 13.2. The second kappa shape index (κ2) is 9.97. The summed E-state index contributed by atoms with van der Waals surface area (Å²) in [5, 5.41) is 13.5. The summed E-state index contributed by atoms with van der Waals surface area (Å²) in [6, 6.07) is 19.3. The lowest BCUT2D eigenvalue weighted by Gasteiger charge is -2.23. The second-order valence-corrected chi connectivity index (χ2v) is 8.75. The molecule has 0 heterocycles. The summed E-state index contributed by atoms with van der Waals surface area (Å²) in [7, 11) is -2.56. The lowest BCUT2D eigenvalue weighted by molar-refractivity contribution is -0.119. The molecule has 3 rings (SSSR count). The zero-order chi connectivity index (χ0) is 23.1. The van der Waals surface area contributed by atoms with Crippen LogP contribution in [0.2, 0.25) is 0 Å². The molecule has 0 atom stereocenters. The van der Waals surface area contributed by atoms with Crippen LogP contribution in [0.1, 0.15) is 11.1 Å². The summed E-state index contributed by atoms with van der Waals surface area (Å²) in [6.45, 7) is 1.43. The van der Waals surface area contributed by atoms with Crippen molar-refractivity contribution in [1.82, 2.24) is 5.43 Å². The molecule has 166 valence electrons. The van der Waals surface area contributed by atoms with Crippen LogP contribution in [-0.4, -0.2) is 39.3 Å². The molecule has 0 aromatic heterocycles. The normalized spacial score (nSPS) is 11.3. The standard InChI is InChI=1S/C23H23N3O5S/c1-17-8-11-19(12-9-17)26(32(29,30)20-6-4-3-5-7-20)16-23(28)25-24-15-18-10-13-21(27)22(14-18)31-2/h3-15,27H,16H2,1-2H3,(H,25,28)/b24-15-. The van der Waals surface area contributed by atoms with Gasteiger partial charge in [0.1, 0.15) is 6.54 Å². The van der Waals surface area contributed by atoms with Gasteiger partial charge in [-0.15, -0.1) is 0 Å². The molecule has 0 aliphatic heterocycles. The van der Waals surface area contributed by atoms with Gasteiger partial charge in [-0.25, -0.2) is 13.8 Å². The minimum absolute atomic E-state index is 0.0199. The molecule has 0 saturated carbocycles. The maximum Gasteiger partial charge on any atom is 0.264 e. The zero-order valence-electron chi connectivity index (χ0n) is 17.6. The summed E-state index contributed by atoms with van der Waals surface area (Å²) < 4.78 is 32.5. The number of hydrogen-bond acceptors (Lipinski definition) is 6. The number of phenolic OH excluding ortho intramolecular Hbond substituents is 1. The van der Waals surface area contributed by atoms with Gasteiger partial charge in [-0.2, -0.15) is 5.10 Å². The Morgan fingerprint density at radius 2 is 1.78 bits per heavy atom. The zero-order valence-corrected chi connectivity index (χ0v) is 18.4. The number of carbonyl (C=O) groups is 1. The number of amides is 1. The fourth-order valence-electron chi connectivity index (χ4n) is 2.86. The van der Waals surface area contributed by atoms with Crippen LogP contribution in [-0.2, 0) is 14.8 Å². The van der Waals surface area contributed by atoms with Crippen molar-refractivity contribution >= 4 is 27.8 Å². The molecule has 2 N–H and O–H groups in total. The maximum atomic E-state index is 13.2. The van der Waals surface area contributed by atoms with Crippen LogP contribution < -0.4 is 14.5 Å². The molecule has 0 unspecified atom stereocenters. The number of hydrogen-bond donors (Lipinski definition) is 2. The van der Waals surface area contributed by atoms with Gasteiger partial charge >= 0.3 is 0 Å². The lowest BCUT2D eigenvalue weighted by Crippen LogP contribution is -2.39. The van der Waals surface area contributed by atoms with Crippen molar-refractivity contribution < 1.29 is 23.1 Å². The van der Waals surface area contributed by atoms with Gasteiger partial charge in [-0.3, -0.25) is 9.10 Å². The van der Waals surface area contributed by atoms with Gasteiger partial charge in [-0.1, -0.05) is 35.9 Å². The van der Waals surface area contributed by atoms with E-state index < -0.39 is 22.5 Å². The van der Waals surface area contributed by atoms with Crippen LogP contribution in [0.3, 0.4) is 0 Å². The predicted molar refractivity (Wildman–Crippen MR) is 123 cm³/mol. The first-order valence-corrected chi connectivity index (χ1v) is 11.1. The number of hydrazone groups is 1. The molecule has 0 radical (unpaired) electrons. The molecule has 32 heavy (non-hydrogen) atoms. The molecule has 0 saturated heterocycles. The fraction of sp³-hybridized carbons (Fsp3) is 0.130. The SMILES string of the molecule is COc1cc(/C=N\NC(=O)CN(c2ccc(C)cc2)S(=O)(=O)c2ccccc2)ccc1O. The highest BCUT2D eigenvalue weighted by Gasteiger charge is 2.27. The van der Waals surface area contributed by atoms with Crippen LogP contribution in [0.15, 0.2) is 82.8 Å². The van der Waals surface area contributed by atoms with Gasteiger partial charge in [0.05, 0.1) is 23.9 Å². The molecular weight excluding hydrogens is 430 g/mol. The summed E-state index contributed by atoms with van der Waals surface area (Å²) in [5.41, 5.74) is 4.24. The van der Waals surface area contributed by atoms with Crippen LogP contribution in [0.4, 0.5) is 5.69 Å². The Morgan fingerprint density at radius 1 is 1.09 bits per heavy atom. The Hall–Kier alpha value is -3.85. The van der Waals surface area contributed by atoms with Crippen molar-refractivity contribution in [3.8, 4) is 11.5 Å². The van der Waals surface area contributed by atoms with Gasteiger partial charge in [0.2, 0.25) is 0 Å². The van der Waals surface area contributed by atoms with Crippen LogP contribution >= 0.6 is 0 Å². The van der Waals surface area contributed by atoms with Crippen molar-refractivity contribution in [2.45, 2.75) is 11.8 Å². The third kappa shape index (κ3) is 5.44. The number of carbonyl (C=O) groups excluding carboxylic acids is 1. The first-order chi connectivity index (χ1) is 15.3.